The fourth-order valence-electron chi connectivity index (χ4n) is 3.17. The summed E-state index contributed by atoms with van der Waals surface area (Å²) in [6, 6.07) is 11.9. The SMILES string of the molecule is CCn1cc(NC(=O)c2ccc(COc3c(Cl)c(Cl)c(Cl)c(Cl)c3Cl)o2)c(C(=O)Nc2ccccc2)n1. The fourth-order valence-corrected chi connectivity index (χ4v) is 4.40. The number of carbonyl (C=O) groups is 2. The number of aromatic nitrogens is 2. The summed E-state index contributed by atoms with van der Waals surface area (Å²) in [5, 5.41) is 9.64. The van der Waals surface area contributed by atoms with Crippen molar-refractivity contribution in [3.05, 3.63) is 91.0 Å². The van der Waals surface area contributed by atoms with Crippen LogP contribution in [0.25, 0.3) is 0 Å². The minimum Gasteiger partial charge on any atom is -0.482 e. The van der Waals surface area contributed by atoms with Crippen LogP contribution in [0, 0.1) is 0 Å². The second-order valence-corrected chi connectivity index (χ2v) is 9.36. The summed E-state index contributed by atoms with van der Waals surface area (Å²) in [4.78, 5) is 25.7. The zero-order valence-electron chi connectivity index (χ0n) is 19.0. The molecule has 0 atom stereocenters. The predicted molar refractivity (Wildman–Crippen MR) is 145 cm³/mol. The quantitative estimate of drug-likeness (QED) is 0.158. The topological polar surface area (TPSA) is 98.4 Å². The lowest BCUT2D eigenvalue weighted by molar-refractivity contribution is 0.0992. The molecule has 0 radical (unpaired) electrons. The van der Waals surface area contributed by atoms with E-state index >= 15 is 0 Å². The van der Waals surface area contributed by atoms with Crippen molar-refractivity contribution in [2.24, 2.45) is 0 Å². The summed E-state index contributed by atoms with van der Waals surface area (Å²) in [5.74, 6) is -0.792. The molecule has 4 rings (SSSR count). The molecule has 4 aromatic rings. The molecular weight excluding hydrogens is 586 g/mol. The number of hydrogen-bond acceptors (Lipinski definition) is 5. The number of rotatable bonds is 8. The number of para-hydroxylation sites is 1. The summed E-state index contributed by atoms with van der Waals surface area (Å²) in [6.45, 7) is 2.21. The Morgan fingerprint density at radius 2 is 1.54 bits per heavy atom. The van der Waals surface area contributed by atoms with Gasteiger partial charge in [0, 0.05) is 18.4 Å². The van der Waals surface area contributed by atoms with Gasteiger partial charge in [0.2, 0.25) is 0 Å². The largest absolute Gasteiger partial charge is 0.482 e. The number of nitrogens with one attached hydrogen (secondary N) is 2. The van der Waals surface area contributed by atoms with Crippen molar-refractivity contribution in [2.45, 2.75) is 20.1 Å². The number of benzene rings is 2. The van der Waals surface area contributed by atoms with Gasteiger partial charge >= 0.3 is 0 Å². The highest BCUT2D eigenvalue weighted by Crippen LogP contribution is 2.48. The highest BCUT2D eigenvalue weighted by Gasteiger charge is 2.23. The number of carbonyl (C=O) groups excluding carboxylic acids is 2. The van der Waals surface area contributed by atoms with E-state index in [4.69, 9.17) is 67.2 Å². The maximum atomic E-state index is 12.9. The van der Waals surface area contributed by atoms with Crippen LogP contribution in [-0.2, 0) is 13.2 Å². The molecule has 2 amide bonds. The van der Waals surface area contributed by atoms with Crippen LogP contribution in [-0.4, -0.2) is 21.6 Å². The van der Waals surface area contributed by atoms with Gasteiger partial charge in [0.25, 0.3) is 11.8 Å². The first-order chi connectivity index (χ1) is 17.7. The van der Waals surface area contributed by atoms with Crippen molar-refractivity contribution in [3.8, 4) is 5.75 Å². The van der Waals surface area contributed by atoms with E-state index < -0.39 is 11.8 Å². The van der Waals surface area contributed by atoms with Gasteiger partial charge in [-0.15, -0.1) is 0 Å². The van der Waals surface area contributed by atoms with Gasteiger partial charge in [-0.3, -0.25) is 14.3 Å². The zero-order chi connectivity index (χ0) is 26.7. The van der Waals surface area contributed by atoms with E-state index in [1.54, 1.807) is 30.5 Å². The molecule has 2 aromatic carbocycles. The molecule has 0 fully saturated rings. The molecule has 0 saturated heterocycles. The summed E-state index contributed by atoms with van der Waals surface area (Å²) in [5.41, 5.74) is 0.864. The second-order valence-electron chi connectivity index (χ2n) is 7.48. The van der Waals surface area contributed by atoms with Crippen LogP contribution in [0.5, 0.6) is 5.75 Å². The molecule has 192 valence electrons. The van der Waals surface area contributed by atoms with Gasteiger partial charge in [0.15, 0.2) is 17.2 Å². The average molecular weight is 603 g/mol. The standard InChI is InChI=1S/C24H17Cl5N4O4/c1-2-33-10-14(21(32-33)24(35)30-12-6-4-3-5-7-12)31-23(34)15-9-8-13(37-15)11-36-22-19(28)17(26)16(25)18(27)20(22)29/h3-10H,2,11H2,1H3,(H,30,35)(H,31,34). The number of amides is 2. The van der Waals surface area contributed by atoms with Crippen molar-refractivity contribution < 1.29 is 18.7 Å². The number of ether oxygens (including phenoxy) is 1. The Morgan fingerprint density at radius 3 is 2.19 bits per heavy atom. The molecule has 8 nitrogen and oxygen atoms in total. The Morgan fingerprint density at radius 1 is 0.892 bits per heavy atom. The van der Waals surface area contributed by atoms with Gasteiger partial charge < -0.3 is 19.8 Å². The van der Waals surface area contributed by atoms with Gasteiger partial charge in [-0.25, -0.2) is 0 Å². The molecule has 0 bridgehead atoms. The number of halogens is 5. The lowest BCUT2D eigenvalue weighted by Crippen LogP contribution is -2.17. The van der Waals surface area contributed by atoms with Crippen LogP contribution in [0.1, 0.15) is 33.7 Å². The van der Waals surface area contributed by atoms with Crippen LogP contribution in [0.2, 0.25) is 25.1 Å². The van der Waals surface area contributed by atoms with Crippen molar-refractivity contribution in [1.29, 1.82) is 0 Å². The van der Waals surface area contributed by atoms with Crippen molar-refractivity contribution in [2.75, 3.05) is 10.6 Å². The summed E-state index contributed by atoms with van der Waals surface area (Å²) in [6.07, 6.45) is 1.56. The minimum atomic E-state index is -0.593. The van der Waals surface area contributed by atoms with Gasteiger partial charge in [-0.2, -0.15) is 5.10 Å². The number of aryl methyl sites for hydroxylation is 1. The van der Waals surface area contributed by atoms with E-state index in [9.17, 15) is 9.59 Å². The normalized spacial score (nSPS) is 10.9. The third-order valence-electron chi connectivity index (χ3n) is 4.99. The summed E-state index contributed by atoms with van der Waals surface area (Å²) < 4.78 is 12.7. The van der Waals surface area contributed by atoms with E-state index in [-0.39, 0.29) is 60.4 Å². The number of nitrogens with zero attached hydrogens (tertiary/aromatic N) is 2. The molecule has 37 heavy (non-hydrogen) atoms. The van der Waals surface area contributed by atoms with Crippen LogP contribution < -0.4 is 15.4 Å². The third-order valence-corrected chi connectivity index (χ3v) is 7.24. The average Bonchev–Trinajstić information content (AvgIpc) is 3.54. The molecule has 0 spiro atoms. The molecule has 0 unspecified atom stereocenters. The van der Waals surface area contributed by atoms with E-state index in [0.717, 1.165) is 0 Å². The fraction of sp³-hybridized carbons (Fsp3) is 0.125. The Hall–Kier alpha value is -2.88. The van der Waals surface area contributed by atoms with Crippen molar-refractivity contribution >= 4 is 81.2 Å². The first-order valence-corrected chi connectivity index (χ1v) is 12.6. The Labute approximate surface area is 236 Å². The predicted octanol–water partition coefficient (Wildman–Crippen LogP) is 7.85. The molecule has 2 N–H and O–H groups in total. The van der Waals surface area contributed by atoms with Crippen LogP contribution >= 0.6 is 58.0 Å². The van der Waals surface area contributed by atoms with Crippen LogP contribution in [0.15, 0.2) is 53.1 Å². The highest BCUT2D eigenvalue weighted by atomic mass is 35.5. The number of hydrogen-bond donors (Lipinski definition) is 2. The van der Waals surface area contributed by atoms with Crippen LogP contribution in [0.3, 0.4) is 0 Å². The maximum absolute atomic E-state index is 12.9. The van der Waals surface area contributed by atoms with E-state index in [0.29, 0.717) is 12.2 Å². The molecule has 0 aliphatic carbocycles. The third kappa shape index (κ3) is 6.00. The Balaban J connectivity index is 1.47. The lowest BCUT2D eigenvalue weighted by Gasteiger charge is -2.12. The van der Waals surface area contributed by atoms with Crippen molar-refractivity contribution in [3.63, 3.8) is 0 Å². The number of anilines is 2. The molecule has 0 saturated carbocycles. The molecule has 2 aromatic heterocycles. The lowest BCUT2D eigenvalue weighted by atomic mass is 10.3. The second kappa shape index (κ2) is 11.7. The van der Waals surface area contributed by atoms with E-state index in [1.165, 1.54) is 16.8 Å². The van der Waals surface area contributed by atoms with Gasteiger partial charge in [0.05, 0.1) is 20.8 Å². The van der Waals surface area contributed by atoms with Gasteiger partial charge in [-0.1, -0.05) is 76.2 Å². The first kappa shape index (κ1) is 27.2. The van der Waals surface area contributed by atoms with Gasteiger partial charge in [-0.05, 0) is 31.2 Å². The smallest absolute Gasteiger partial charge is 0.291 e. The highest BCUT2D eigenvalue weighted by molar-refractivity contribution is 6.55. The number of furan rings is 1. The monoisotopic (exact) mass is 600 g/mol. The molecule has 2 heterocycles. The Bertz CT molecular complexity index is 1440. The maximum Gasteiger partial charge on any atom is 0.291 e. The summed E-state index contributed by atoms with van der Waals surface area (Å²) >= 11 is 30.4. The first-order valence-electron chi connectivity index (χ1n) is 10.7. The van der Waals surface area contributed by atoms with Crippen molar-refractivity contribution in [1.82, 2.24) is 9.78 Å². The minimum absolute atomic E-state index is 0.00542. The molecule has 0 aliphatic rings. The molecule has 0 aliphatic heterocycles. The Kier molecular flexibility index (Phi) is 8.56. The van der Waals surface area contributed by atoms with E-state index in [1.807, 2.05) is 13.0 Å². The zero-order valence-corrected chi connectivity index (χ0v) is 22.7. The molecule has 13 heteroatoms. The van der Waals surface area contributed by atoms with E-state index in [2.05, 4.69) is 15.7 Å². The summed E-state index contributed by atoms with van der Waals surface area (Å²) in [7, 11) is 0. The van der Waals surface area contributed by atoms with Gasteiger partial charge in [0.1, 0.15) is 22.4 Å². The van der Waals surface area contributed by atoms with Crippen LogP contribution in [0.4, 0.5) is 11.4 Å². The molecular formula is C24H17Cl5N4O4.